The van der Waals surface area contributed by atoms with Gasteiger partial charge in [-0.05, 0) is 34.6 Å². The van der Waals surface area contributed by atoms with E-state index in [9.17, 15) is 9.90 Å². The fourth-order valence-corrected chi connectivity index (χ4v) is 3.71. The Bertz CT molecular complexity index is 1330. The minimum absolute atomic E-state index is 0.0120. The number of nitrogens with one attached hydrogen (secondary N) is 1. The molecule has 1 aliphatic heterocycles. The molecule has 1 heterocycles. The second kappa shape index (κ2) is 7.85. The number of benzene rings is 3. The molecule has 162 valence electrons. The van der Waals surface area contributed by atoms with Gasteiger partial charge in [0, 0.05) is 27.6 Å². The Hall–Kier alpha value is -4.13. The van der Waals surface area contributed by atoms with Crippen LogP contribution in [-0.4, -0.2) is 23.2 Å². The molecule has 1 amide bonds. The van der Waals surface area contributed by atoms with Crippen molar-refractivity contribution in [1.29, 1.82) is 0 Å². The van der Waals surface area contributed by atoms with E-state index in [-0.39, 0.29) is 23.0 Å². The second-order valence-electron chi connectivity index (χ2n) is 8.74. The number of carbonyl (C=O) groups excluding carboxylic acids is 1. The van der Waals surface area contributed by atoms with Crippen molar-refractivity contribution in [2.45, 2.75) is 26.2 Å². The maximum atomic E-state index is 12.9. The van der Waals surface area contributed by atoms with Gasteiger partial charge in [-0.15, -0.1) is 5.10 Å². The third kappa shape index (κ3) is 3.92. The molecule has 0 radical (unpaired) electrons. The van der Waals surface area contributed by atoms with Crippen LogP contribution in [0.2, 0.25) is 0 Å². The van der Waals surface area contributed by atoms with E-state index in [0.29, 0.717) is 16.7 Å². The first-order valence-electron chi connectivity index (χ1n) is 10.2. The zero-order valence-electron chi connectivity index (χ0n) is 18.2. The number of hydrogen-bond acceptors (Lipinski definition) is 4. The maximum absolute atomic E-state index is 12.9. The zero-order valence-corrected chi connectivity index (χ0v) is 18.2. The van der Waals surface area contributed by atoms with Crippen molar-refractivity contribution in [3.05, 3.63) is 70.8 Å². The summed E-state index contributed by atoms with van der Waals surface area (Å²) in [4.78, 5) is 12.9. The predicted octanol–water partition coefficient (Wildman–Crippen LogP) is 3.94. The van der Waals surface area contributed by atoms with Crippen molar-refractivity contribution in [3.63, 3.8) is 0 Å². The maximum Gasteiger partial charge on any atom is 0.256 e. The van der Waals surface area contributed by atoms with E-state index in [1.54, 1.807) is 6.08 Å². The van der Waals surface area contributed by atoms with Crippen molar-refractivity contribution < 1.29 is 9.90 Å². The molecule has 7 heteroatoms. The van der Waals surface area contributed by atoms with E-state index < -0.39 is 0 Å². The molecule has 0 aromatic heterocycles. The quantitative estimate of drug-likeness (QED) is 0.218. The summed E-state index contributed by atoms with van der Waals surface area (Å²) in [6, 6.07) is 15.5. The summed E-state index contributed by atoms with van der Waals surface area (Å²) in [5.74, 6) is -0.406. The van der Waals surface area contributed by atoms with Crippen LogP contribution in [0.4, 0.5) is 5.69 Å². The number of guanidine groups is 1. The summed E-state index contributed by atoms with van der Waals surface area (Å²) < 4.78 is 0. The molecule has 0 atom stereocenters. The first kappa shape index (κ1) is 21.1. The summed E-state index contributed by atoms with van der Waals surface area (Å²) >= 11 is 0. The van der Waals surface area contributed by atoms with Crippen LogP contribution in [-0.2, 0) is 10.2 Å². The smallest absolute Gasteiger partial charge is 0.256 e. The number of nitrogens with two attached hydrogens (primary N) is 2. The molecule has 0 saturated carbocycles. The highest BCUT2D eigenvalue weighted by atomic mass is 16.3. The average molecular weight is 428 g/mol. The van der Waals surface area contributed by atoms with Crippen molar-refractivity contribution in [1.82, 2.24) is 0 Å². The number of amides is 1. The molecule has 0 bridgehead atoms. The average Bonchev–Trinajstić information content (AvgIpc) is 3.05. The van der Waals surface area contributed by atoms with Crippen LogP contribution in [0.15, 0.2) is 58.7 Å². The summed E-state index contributed by atoms with van der Waals surface area (Å²) in [5, 5.41) is 23.4. The number of phenolic OH excluding ortho intramolecular Hbond substituents is 1. The summed E-state index contributed by atoms with van der Waals surface area (Å²) in [5.41, 5.74) is 14.4. The molecule has 0 spiro atoms. The van der Waals surface area contributed by atoms with Crippen LogP contribution in [0.3, 0.4) is 0 Å². The lowest BCUT2D eigenvalue weighted by Gasteiger charge is -2.21. The van der Waals surface area contributed by atoms with Gasteiger partial charge in [0.2, 0.25) is 5.96 Å². The fourth-order valence-electron chi connectivity index (χ4n) is 3.71. The highest BCUT2D eigenvalue weighted by Gasteiger charge is 2.27. The van der Waals surface area contributed by atoms with Crippen molar-refractivity contribution >= 4 is 46.2 Å². The number of carbonyl (C=O) groups is 1. The van der Waals surface area contributed by atoms with E-state index in [4.69, 9.17) is 11.5 Å². The molecule has 32 heavy (non-hydrogen) atoms. The molecular weight excluding hydrogens is 402 g/mol. The molecule has 3 aromatic rings. The number of hydrogen-bond donors (Lipinski definition) is 4. The Morgan fingerprint density at radius 3 is 2.50 bits per heavy atom. The highest BCUT2D eigenvalue weighted by molar-refractivity contribution is 6.37. The Labute approximate surface area is 186 Å². The number of rotatable bonds is 3. The molecular formula is C25H25N5O2. The second-order valence-corrected chi connectivity index (χ2v) is 8.74. The Morgan fingerprint density at radius 2 is 1.78 bits per heavy atom. The fraction of sp³-hybridized carbons (Fsp3) is 0.160. The minimum atomic E-state index is -0.215. The largest absolute Gasteiger partial charge is 0.507 e. The van der Waals surface area contributed by atoms with Crippen LogP contribution < -0.4 is 16.8 Å². The van der Waals surface area contributed by atoms with E-state index in [2.05, 4.69) is 36.3 Å². The molecule has 7 nitrogen and oxygen atoms in total. The van der Waals surface area contributed by atoms with E-state index in [1.165, 1.54) is 6.21 Å². The van der Waals surface area contributed by atoms with Gasteiger partial charge in [0.1, 0.15) is 5.75 Å². The lowest BCUT2D eigenvalue weighted by molar-refractivity contribution is -0.110. The molecule has 0 aliphatic carbocycles. The molecule has 6 N–H and O–H groups in total. The first-order valence-corrected chi connectivity index (χ1v) is 10.2. The number of phenols is 1. The van der Waals surface area contributed by atoms with Crippen LogP contribution in [0.1, 0.15) is 43.0 Å². The molecule has 1 aliphatic rings. The summed E-state index contributed by atoms with van der Waals surface area (Å²) in [7, 11) is 0. The van der Waals surface area contributed by atoms with Gasteiger partial charge in [-0.1, -0.05) is 57.2 Å². The van der Waals surface area contributed by atoms with Gasteiger partial charge in [-0.2, -0.15) is 5.10 Å². The summed E-state index contributed by atoms with van der Waals surface area (Å²) in [6.45, 7) is 6.20. The highest BCUT2D eigenvalue weighted by Crippen LogP contribution is 2.40. The molecule has 3 aromatic carbocycles. The van der Waals surface area contributed by atoms with Crippen molar-refractivity contribution in [2.24, 2.45) is 21.7 Å². The van der Waals surface area contributed by atoms with Gasteiger partial charge < -0.3 is 21.9 Å². The predicted molar refractivity (Wildman–Crippen MR) is 131 cm³/mol. The van der Waals surface area contributed by atoms with Gasteiger partial charge in [0.05, 0.1) is 11.9 Å². The lowest BCUT2D eigenvalue weighted by atomic mass is 9.84. The van der Waals surface area contributed by atoms with Crippen molar-refractivity contribution in [3.8, 4) is 5.75 Å². The van der Waals surface area contributed by atoms with Gasteiger partial charge in [0.25, 0.3) is 5.91 Å². The molecule has 0 saturated heterocycles. The Balaban J connectivity index is 1.89. The van der Waals surface area contributed by atoms with Gasteiger partial charge >= 0.3 is 0 Å². The topological polar surface area (TPSA) is 126 Å². The van der Waals surface area contributed by atoms with E-state index >= 15 is 0 Å². The monoisotopic (exact) mass is 427 g/mol. The Morgan fingerprint density at radius 1 is 1.06 bits per heavy atom. The lowest BCUT2D eigenvalue weighted by Crippen LogP contribution is -2.21. The van der Waals surface area contributed by atoms with Gasteiger partial charge in [-0.3, -0.25) is 4.79 Å². The van der Waals surface area contributed by atoms with Crippen LogP contribution in [0.5, 0.6) is 5.75 Å². The number of nitrogens with zero attached hydrogens (tertiary/aromatic N) is 2. The van der Waals surface area contributed by atoms with Crippen molar-refractivity contribution in [2.75, 3.05) is 5.32 Å². The zero-order chi connectivity index (χ0) is 23.0. The molecule has 0 unspecified atom stereocenters. The minimum Gasteiger partial charge on any atom is -0.507 e. The van der Waals surface area contributed by atoms with Crippen LogP contribution in [0.25, 0.3) is 22.4 Å². The van der Waals surface area contributed by atoms with Gasteiger partial charge in [-0.25, -0.2) is 0 Å². The first-order chi connectivity index (χ1) is 15.1. The molecule has 4 rings (SSSR count). The van der Waals surface area contributed by atoms with Crippen LogP contribution >= 0.6 is 0 Å². The SMILES string of the molecule is CC(C)(C)c1cc(/C=N/N=C(N)N)c(O)c(/C=C2/C(=O)Nc3c2ccc2ccccc32)c1. The van der Waals surface area contributed by atoms with E-state index in [0.717, 1.165) is 27.6 Å². The van der Waals surface area contributed by atoms with Gasteiger partial charge in [0.15, 0.2) is 0 Å². The third-order valence-electron chi connectivity index (χ3n) is 5.41. The van der Waals surface area contributed by atoms with E-state index in [1.807, 2.05) is 48.5 Å². The molecule has 0 fully saturated rings. The Kier molecular flexibility index (Phi) is 5.18. The number of fused-ring (bicyclic) bond motifs is 3. The third-order valence-corrected chi connectivity index (χ3v) is 5.41. The summed E-state index contributed by atoms with van der Waals surface area (Å²) in [6.07, 6.45) is 3.10. The number of aromatic hydroxyl groups is 1. The van der Waals surface area contributed by atoms with Crippen LogP contribution in [0, 0.1) is 0 Å². The number of anilines is 1. The standard InChI is InChI=1S/C25H25N5O2/c1-25(2,3)17-10-15(22(31)16(11-17)13-28-30-24(26)27)12-20-19-9-8-14-6-4-5-7-18(14)21(19)29-23(20)32/h4-13,31H,1-3H3,(H,29,32)(H4,26,27,30)/b20-12+,28-13+. The normalized spacial score (nSPS) is 14.7.